The van der Waals surface area contributed by atoms with Crippen LogP contribution in [0.5, 0.6) is 23.0 Å². The van der Waals surface area contributed by atoms with Gasteiger partial charge in [-0.05, 0) is 71.6 Å². The lowest BCUT2D eigenvalue weighted by Crippen LogP contribution is -2.30. The van der Waals surface area contributed by atoms with Crippen molar-refractivity contribution >= 4 is 0 Å². The number of methoxy groups -OCH3 is 2. The van der Waals surface area contributed by atoms with Crippen LogP contribution >= 0.6 is 0 Å². The average Bonchev–Trinajstić information content (AvgIpc) is 2.79. The highest BCUT2D eigenvalue weighted by molar-refractivity contribution is 5.48. The summed E-state index contributed by atoms with van der Waals surface area (Å²) in [4.78, 5) is 2.43. The quantitative estimate of drug-likeness (QED) is 0.587. The van der Waals surface area contributed by atoms with Gasteiger partial charge >= 0.3 is 0 Å². The van der Waals surface area contributed by atoms with E-state index in [2.05, 4.69) is 35.2 Å². The second-order valence-electron chi connectivity index (χ2n) is 7.32. The molecule has 0 aliphatic carbocycles. The molecule has 1 heterocycles. The highest BCUT2D eigenvalue weighted by Gasteiger charge is 2.19. The number of hydrogen-bond acceptors (Lipinski definition) is 5. The van der Waals surface area contributed by atoms with Gasteiger partial charge in [0.15, 0.2) is 11.5 Å². The Morgan fingerprint density at radius 3 is 2.33 bits per heavy atom. The first-order valence-electron chi connectivity index (χ1n) is 9.91. The topological polar surface area (TPSA) is 54.7 Å². The molecule has 3 aromatic rings. The molecule has 0 fully saturated rings. The van der Waals surface area contributed by atoms with Crippen molar-refractivity contribution in [1.29, 1.82) is 5.26 Å². The standard InChI is InChI=1S/C25H24N2O3/c1-28-24-13-20-10-11-27(17-21(20)14-25(24)29-2)16-19-4-3-5-23(12-19)30-22-8-6-18(15-26)7-9-22/h3-9,12-14H,10-11,16-17H2,1-2H3. The summed E-state index contributed by atoms with van der Waals surface area (Å²) >= 11 is 0. The molecule has 4 rings (SSSR count). The predicted octanol–water partition coefficient (Wildman–Crippen LogP) is 4.93. The summed E-state index contributed by atoms with van der Waals surface area (Å²) in [5.41, 5.74) is 4.42. The monoisotopic (exact) mass is 400 g/mol. The summed E-state index contributed by atoms with van der Waals surface area (Å²) in [6.07, 6.45) is 0.983. The lowest BCUT2D eigenvalue weighted by molar-refractivity contribution is 0.244. The molecule has 0 bridgehead atoms. The molecule has 1 aliphatic rings. The van der Waals surface area contributed by atoms with Gasteiger partial charge in [0.2, 0.25) is 0 Å². The number of fused-ring (bicyclic) bond motifs is 1. The lowest BCUT2D eigenvalue weighted by atomic mass is 9.98. The molecular weight excluding hydrogens is 376 g/mol. The lowest BCUT2D eigenvalue weighted by Gasteiger charge is -2.29. The second kappa shape index (κ2) is 8.89. The van der Waals surface area contributed by atoms with Gasteiger partial charge in [-0.2, -0.15) is 5.26 Å². The van der Waals surface area contributed by atoms with Crippen molar-refractivity contribution < 1.29 is 14.2 Å². The van der Waals surface area contributed by atoms with Crippen LogP contribution in [0.15, 0.2) is 60.7 Å². The van der Waals surface area contributed by atoms with Crippen LogP contribution in [0.3, 0.4) is 0 Å². The SMILES string of the molecule is COc1cc2c(cc1OC)CN(Cc1cccc(Oc3ccc(C#N)cc3)c1)CC2. The summed E-state index contributed by atoms with van der Waals surface area (Å²) in [5, 5.41) is 8.92. The average molecular weight is 400 g/mol. The third-order valence-corrected chi connectivity index (χ3v) is 5.32. The molecular formula is C25H24N2O3. The van der Waals surface area contributed by atoms with Gasteiger partial charge in [0, 0.05) is 19.6 Å². The van der Waals surface area contributed by atoms with Crippen LogP contribution in [-0.2, 0) is 19.5 Å². The molecule has 0 N–H and O–H groups in total. The molecule has 0 saturated heterocycles. The van der Waals surface area contributed by atoms with E-state index in [1.54, 1.807) is 26.4 Å². The van der Waals surface area contributed by atoms with Crippen molar-refractivity contribution in [2.75, 3.05) is 20.8 Å². The van der Waals surface area contributed by atoms with Crippen LogP contribution in [0.2, 0.25) is 0 Å². The fourth-order valence-corrected chi connectivity index (χ4v) is 3.78. The Morgan fingerprint density at radius 1 is 0.900 bits per heavy atom. The van der Waals surface area contributed by atoms with Crippen LogP contribution in [0.1, 0.15) is 22.3 Å². The maximum absolute atomic E-state index is 8.92. The van der Waals surface area contributed by atoms with Gasteiger partial charge in [0.25, 0.3) is 0 Å². The number of rotatable bonds is 6. The summed E-state index contributed by atoms with van der Waals surface area (Å²) in [6, 6.07) is 21.6. The first-order chi connectivity index (χ1) is 14.7. The maximum Gasteiger partial charge on any atom is 0.161 e. The molecule has 0 spiro atoms. The third kappa shape index (κ3) is 4.40. The zero-order chi connectivity index (χ0) is 20.9. The second-order valence-corrected chi connectivity index (χ2v) is 7.32. The van der Waals surface area contributed by atoms with Gasteiger partial charge in [-0.3, -0.25) is 4.90 Å². The van der Waals surface area contributed by atoms with E-state index in [0.717, 1.165) is 49.1 Å². The molecule has 30 heavy (non-hydrogen) atoms. The van der Waals surface area contributed by atoms with Gasteiger partial charge in [-0.15, -0.1) is 0 Å². The smallest absolute Gasteiger partial charge is 0.161 e. The molecule has 0 atom stereocenters. The molecule has 0 saturated carbocycles. The zero-order valence-electron chi connectivity index (χ0n) is 17.2. The molecule has 0 amide bonds. The molecule has 3 aromatic carbocycles. The first kappa shape index (κ1) is 19.8. The summed E-state index contributed by atoms with van der Waals surface area (Å²) in [6.45, 7) is 2.71. The van der Waals surface area contributed by atoms with Crippen LogP contribution in [0, 0.1) is 11.3 Å². The third-order valence-electron chi connectivity index (χ3n) is 5.32. The fourth-order valence-electron chi connectivity index (χ4n) is 3.78. The van der Waals surface area contributed by atoms with Crippen molar-refractivity contribution in [2.24, 2.45) is 0 Å². The molecule has 1 aliphatic heterocycles. The van der Waals surface area contributed by atoms with E-state index in [1.165, 1.54) is 16.7 Å². The van der Waals surface area contributed by atoms with Crippen LogP contribution in [0.4, 0.5) is 0 Å². The number of nitrogens with zero attached hydrogens (tertiary/aromatic N) is 2. The molecule has 0 radical (unpaired) electrons. The van der Waals surface area contributed by atoms with Crippen molar-refractivity contribution in [1.82, 2.24) is 4.90 Å². The van der Waals surface area contributed by atoms with E-state index in [-0.39, 0.29) is 0 Å². The minimum Gasteiger partial charge on any atom is -0.493 e. The Kier molecular flexibility index (Phi) is 5.87. The van der Waals surface area contributed by atoms with Gasteiger partial charge in [0.1, 0.15) is 11.5 Å². The molecule has 152 valence electrons. The van der Waals surface area contributed by atoms with E-state index in [4.69, 9.17) is 19.5 Å². The van der Waals surface area contributed by atoms with Crippen LogP contribution in [0.25, 0.3) is 0 Å². The first-order valence-corrected chi connectivity index (χ1v) is 9.91. The van der Waals surface area contributed by atoms with Gasteiger partial charge < -0.3 is 14.2 Å². The fraction of sp³-hybridized carbons (Fsp3) is 0.240. The normalized spacial score (nSPS) is 13.2. The van der Waals surface area contributed by atoms with Crippen LogP contribution < -0.4 is 14.2 Å². The minimum atomic E-state index is 0.621. The van der Waals surface area contributed by atoms with Gasteiger partial charge in [0.05, 0.1) is 25.9 Å². The largest absolute Gasteiger partial charge is 0.493 e. The predicted molar refractivity (Wildman–Crippen MR) is 115 cm³/mol. The van der Waals surface area contributed by atoms with E-state index in [1.807, 2.05) is 24.3 Å². The number of nitriles is 1. The summed E-state index contributed by atoms with van der Waals surface area (Å²) in [5.74, 6) is 3.08. The maximum atomic E-state index is 8.92. The Hall–Kier alpha value is -3.49. The Balaban J connectivity index is 1.45. The van der Waals surface area contributed by atoms with E-state index in [0.29, 0.717) is 5.56 Å². The number of ether oxygens (including phenoxy) is 3. The van der Waals surface area contributed by atoms with Crippen molar-refractivity contribution in [3.05, 3.63) is 82.9 Å². The number of benzene rings is 3. The highest BCUT2D eigenvalue weighted by atomic mass is 16.5. The Morgan fingerprint density at radius 2 is 1.63 bits per heavy atom. The highest BCUT2D eigenvalue weighted by Crippen LogP contribution is 2.33. The van der Waals surface area contributed by atoms with E-state index >= 15 is 0 Å². The van der Waals surface area contributed by atoms with Crippen molar-refractivity contribution in [3.63, 3.8) is 0 Å². The molecule has 5 nitrogen and oxygen atoms in total. The van der Waals surface area contributed by atoms with E-state index in [9.17, 15) is 0 Å². The summed E-state index contributed by atoms with van der Waals surface area (Å²) < 4.78 is 16.9. The van der Waals surface area contributed by atoms with Crippen LogP contribution in [-0.4, -0.2) is 25.7 Å². The number of hydrogen-bond donors (Lipinski definition) is 0. The minimum absolute atomic E-state index is 0.621. The summed E-state index contributed by atoms with van der Waals surface area (Å²) in [7, 11) is 3.34. The van der Waals surface area contributed by atoms with Gasteiger partial charge in [-0.1, -0.05) is 12.1 Å². The molecule has 0 unspecified atom stereocenters. The Bertz CT molecular complexity index is 1070. The molecule has 0 aromatic heterocycles. The molecule has 5 heteroatoms. The van der Waals surface area contributed by atoms with Gasteiger partial charge in [-0.25, -0.2) is 0 Å². The van der Waals surface area contributed by atoms with E-state index < -0.39 is 0 Å². The zero-order valence-corrected chi connectivity index (χ0v) is 17.2. The van der Waals surface area contributed by atoms with Crippen molar-refractivity contribution in [2.45, 2.75) is 19.5 Å². The van der Waals surface area contributed by atoms with Crippen molar-refractivity contribution in [3.8, 4) is 29.1 Å². The Labute approximate surface area is 177 Å².